The lowest BCUT2D eigenvalue weighted by Gasteiger charge is -2.14. The minimum absolute atomic E-state index is 0.0548. The number of rotatable bonds is 4. The zero-order valence-electron chi connectivity index (χ0n) is 14.8. The highest BCUT2D eigenvalue weighted by atomic mass is 32.2. The second kappa shape index (κ2) is 7.08. The summed E-state index contributed by atoms with van der Waals surface area (Å²) in [5.41, 5.74) is 5.43. The van der Waals surface area contributed by atoms with Crippen LogP contribution in [0.2, 0.25) is 0 Å². The number of nitrogen functional groups attached to an aromatic ring is 1. The number of aromatic hydroxyl groups is 1. The summed E-state index contributed by atoms with van der Waals surface area (Å²) in [5, 5.41) is 18.0. The van der Waals surface area contributed by atoms with E-state index in [1.165, 1.54) is 6.92 Å². The maximum Gasteiger partial charge on any atom is 0.296 e. The molecule has 0 atom stereocenters. The van der Waals surface area contributed by atoms with Crippen molar-refractivity contribution in [2.24, 2.45) is 10.2 Å². The average molecular weight is 437 g/mol. The molecule has 0 heterocycles. The van der Waals surface area contributed by atoms with Gasteiger partial charge in [-0.1, -0.05) is 18.2 Å². The maximum atomic E-state index is 11.8. The van der Waals surface area contributed by atoms with Gasteiger partial charge in [-0.25, -0.2) is 0 Å². The lowest BCUT2D eigenvalue weighted by Crippen LogP contribution is -2.05. The largest absolute Gasteiger partial charge is 0.505 e. The van der Waals surface area contributed by atoms with Crippen molar-refractivity contribution in [2.75, 3.05) is 5.73 Å². The molecule has 3 rings (SSSR count). The maximum absolute atomic E-state index is 11.8. The first-order chi connectivity index (χ1) is 13.4. The summed E-state index contributed by atoms with van der Waals surface area (Å²) in [4.78, 5) is -1.38. The number of anilines is 1. The van der Waals surface area contributed by atoms with Gasteiger partial charge >= 0.3 is 0 Å². The van der Waals surface area contributed by atoms with Crippen LogP contribution in [0, 0.1) is 6.92 Å². The van der Waals surface area contributed by atoms with Gasteiger partial charge in [-0.3, -0.25) is 9.11 Å². The van der Waals surface area contributed by atoms with Crippen LogP contribution in [0.4, 0.5) is 17.1 Å². The Hall–Kier alpha value is -3.06. The average Bonchev–Trinajstić information content (AvgIpc) is 2.62. The number of azo groups is 1. The van der Waals surface area contributed by atoms with Gasteiger partial charge < -0.3 is 10.8 Å². The third kappa shape index (κ3) is 3.91. The Morgan fingerprint density at radius 3 is 2.00 bits per heavy atom. The second-order valence-corrected chi connectivity index (χ2v) is 8.85. The molecule has 0 aromatic heterocycles. The van der Waals surface area contributed by atoms with E-state index < -0.39 is 41.5 Å². The zero-order valence-corrected chi connectivity index (χ0v) is 16.4. The molecule has 3 aromatic rings. The fourth-order valence-electron chi connectivity index (χ4n) is 2.78. The van der Waals surface area contributed by atoms with E-state index in [-0.39, 0.29) is 22.0 Å². The normalized spacial score (nSPS) is 12.7. The lowest BCUT2D eigenvalue weighted by atomic mass is 10.0. The smallest absolute Gasteiger partial charge is 0.296 e. The number of fused-ring (bicyclic) bond motifs is 1. The third-order valence-corrected chi connectivity index (χ3v) is 6.02. The predicted octanol–water partition coefficient (Wildman–Crippen LogP) is 3.34. The first-order valence-electron chi connectivity index (χ1n) is 7.91. The van der Waals surface area contributed by atoms with Crippen LogP contribution in [-0.2, 0) is 20.2 Å². The monoisotopic (exact) mass is 437 g/mol. The van der Waals surface area contributed by atoms with Crippen LogP contribution in [-0.4, -0.2) is 31.0 Å². The van der Waals surface area contributed by atoms with Gasteiger partial charge in [0.05, 0.1) is 10.6 Å². The molecular weight excluding hydrogens is 422 g/mol. The number of hydrogen-bond donors (Lipinski definition) is 4. The molecule has 0 aliphatic carbocycles. The molecule has 0 fully saturated rings. The number of nitrogens with zero attached hydrogens (tertiary/aromatic N) is 2. The summed E-state index contributed by atoms with van der Waals surface area (Å²) in [7, 11) is -9.57. The standard InChI is InChI=1S/C17H15N3O7S2/c1-9-12(28(22,23)24)7-10-8-13(29(25,26)27)16(17(21)14(10)15(9)18)20-19-11-5-3-2-4-6-11/h2-8,21H,18H2,1H3,(H,22,23,24)(H,25,26,27). The zero-order chi connectivity index (χ0) is 21.6. The van der Waals surface area contributed by atoms with E-state index in [1.54, 1.807) is 30.3 Å². The molecule has 12 heteroatoms. The van der Waals surface area contributed by atoms with E-state index in [9.17, 15) is 31.0 Å². The van der Waals surface area contributed by atoms with Crippen LogP contribution in [0.5, 0.6) is 5.75 Å². The van der Waals surface area contributed by atoms with Crippen molar-refractivity contribution in [3.8, 4) is 5.75 Å². The molecule has 5 N–H and O–H groups in total. The topological polar surface area (TPSA) is 180 Å². The van der Waals surface area contributed by atoms with Crippen LogP contribution < -0.4 is 5.73 Å². The van der Waals surface area contributed by atoms with Gasteiger partial charge in [0.25, 0.3) is 20.2 Å². The Morgan fingerprint density at radius 2 is 1.45 bits per heavy atom. The molecule has 0 aliphatic heterocycles. The van der Waals surface area contributed by atoms with Crippen LogP contribution in [0.3, 0.4) is 0 Å². The van der Waals surface area contributed by atoms with E-state index in [1.807, 2.05) is 0 Å². The van der Waals surface area contributed by atoms with E-state index in [0.717, 1.165) is 12.1 Å². The summed E-state index contributed by atoms with van der Waals surface area (Å²) in [6, 6.07) is 10.0. The number of hydrogen-bond acceptors (Lipinski definition) is 8. The molecule has 3 aromatic carbocycles. The minimum Gasteiger partial charge on any atom is -0.505 e. The summed E-state index contributed by atoms with van der Waals surface area (Å²) in [6.45, 7) is 1.30. The molecular formula is C17H15N3O7S2. The van der Waals surface area contributed by atoms with Gasteiger partial charge in [0.2, 0.25) is 0 Å². The lowest BCUT2D eigenvalue weighted by molar-refractivity contribution is 0.472. The first kappa shape index (κ1) is 20.7. The second-order valence-electron chi connectivity index (χ2n) is 6.07. The molecule has 0 bridgehead atoms. The fraction of sp³-hybridized carbons (Fsp3) is 0.0588. The third-order valence-electron chi connectivity index (χ3n) is 4.18. The Kier molecular flexibility index (Phi) is 5.04. The molecule has 0 saturated carbocycles. The van der Waals surface area contributed by atoms with Crippen molar-refractivity contribution in [2.45, 2.75) is 16.7 Å². The highest BCUT2D eigenvalue weighted by Gasteiger charge is 2.26. The van der Waals surface area contributed by atoms with Crippen molar-refractivity contribution in [3.05, 3.63) is 48.0 Å². The van der Waals surface area contributed by atoms with Crippen molar-refractivity contribution in [3.63, 3.8) is 0 Å². The minimum atomic E-state index is -4.89. The summed E-state index contributed by atoms with van der Waals surface area (Å²) < 4.78 is 65.8. The van der Waals surface area contributed by atoms with E-state index in [0.29, 0.717) is 5.69 Å². The fourth-order valence-corrected chi connectivity index (χ4v) is 4.21. The number of phenols is 1. The van der Waals surface area contributed by atoms with Crippen molar-refractivity contribution >= 4 is 48.1 Å². The Labute approximate surface area is 165 Å². The molecule has 152 valence electrons. The number of phenolic OH excluding ortho intramolecular Hbond substituents is 1. The Morgan fingerprint density at radius 1 is 0.897 bits per heavy atom. The van der Waals surface area contributed by atoms with Crippen LogP contribution in [0.25, 0.3) is 10.8 Å². The van der Waals surface area contributed by atoms with Crippen molar-refractivity contribution in [1.82, 2.24) is 0 Å². The highest BCUT2D eigenvalue weighted by molar-refractivity contribution is 7.86. The van der Waals surface area contributed by atoms with Crippen molar-refractivity contribution < 1.29 is 31.0 Å². The molecule has 0 amide bonds. The molecule has 29 heavy (non-hydrogen) atoms. The SMILES string of the molecule is Cc1c(S(=O)(=O)O)cc2cc(S(=O)(=O)O)c(N=Nc3ccccc3)c(O)c2c1N. The van der Waals surface area contributed by atoms with Gasteiger partial charge in [-0.15, -0.1) is 5.11 Å². The molecule has 0 radical (unpaired) electrons. The van der Waals surface area contributed by atoms with E-state index in [4.69, 9.17) is 5.73 Å². The summed E-state index contributed by atoms with van der Waals surface area (Å²) in [6.07, 6.45) is 0. The predicted molar refractivity (Wildman–Crippen MR) is 105 cm³/mol. The molecule has 0 unspecified atom stereocenters. The molecule has 0 saturated heterocycles. The molecule has 0 spiro atoms. The molecule has 10 nitrogen and oxygen atoms in total. The van der Waals surface area contributed by atoms with Crippen LogP contribution in [0.1, 0.15) is 5.56 Å². The van der Waals surface area contributed by atoms with Gasteiger partial charge in [0.1, 0.15) is 10.6 Å². The first-order valence-corrected chi connectivity index (χ1v) is 10.8. The van der Waals surface area contributed by atoms with Gasteiger partial charge in [-0.05, 0) is 42.1 Å². The highest BCUT2D eigenvalue weighted by Crippen LogP contribution is 2.45. The quantitative estimate of drug-likeness (QED) is 0.272. The van der Waals surface area contributed by atoms with Crippen molar-refractivity contribution in [1.29, 1.82) is 0 Å². The molecule has 0 aliphatic rings. The van der Waals surface area contributed by atoms with E-state index in [2.05, 4.69) is 10.2 Å². The Balaban J connectivity index is 2.41. The van der Waals surface area contributed by atoms with Gasteiger partial charge in [-0.2, -0.15) is 21.9 Å². The van der Waals surface area contributed by atoms with Gasteiger partial charge in [0, 0.05) is 11.1 Å². The van der Waals surface area contributed by atoms with Crippen LogP contribution >= 0.6 is 0 Å². The van der Waals surface area contributed by atoms with Crippen LogP contribution in [0.15, 0.2) is 62.5 Å². The van der Waals surface area contributed by atoms with Gasteiger partial charge in [0.15, 0.2) is 5.75 Å². The number of nitrogens with two attached hydrogens (primary N) is 1. The summed E-state index contributed by atoms with van der Waals surface area (Å²) >= 11 is 0. The van der Waals surface area contributed by atoms with E-state index >= 15 is 0 Å². The summed E-state index contributed by atoms with van der Waals surface area (Å²) in [5.74, 6) is -0.725. The Bertz CT molecular complexity index is 1370. The number of benzene rings is 3.